The Balaban J connectivity index is 2.93. The molecule has 0 aliphatic heterocycles. The Morgan fingerprint density at radius 1 is 1.03 bits per heavy atom. The van der Waals surface area contributed by atoms with E-state index in [0.29, 0.717) is 25.0 Å². The van der Waals surface area contributed by atoms with Gasteiger partial charge in [-0.2, -0.15) is 24.4 Å². The summed E-state index contributed by atoms with van der Waals surface area (Å²) < 4.78 is 0. The summed E-state index contributed by atoms with van der Waals surface area (Å²) in [6.45, 7) is 3.72. The molecule has 0 heterocycles. The van der Waals surface area contributed by atoms with Crippen LogP contribution in [0.1, 0.15) is 32.3 Å². The predicted octanol–water partition coefficient (Wildman–Crippen LogP) is 0.824. The number of carboxylic acids is 1. The third-order valence-corrected chi connectivity index (χ3v) is 6.48. The van der Waals surface area contributed by atoms with Gasteiger partial charge in [0, 0.05) is 5.75 Å². The van der Waals surface area contributed by atoms with Crippen molar-refractivity contribution in [1.82, 2.24) is 16.0 Å². The molecule has 34 heavy (non-hydrogen) atoms. The number of hydrogen-bond donors (Lipinski definition) is 6. The molecule has 0 aromatic heterocycles. The van der Waals surface area contributed by atoms with E-state index in [2.05, 4.69) is 28.6 Å². The normalized spacial score (nSPS) is 15.3. The third-order valence-electron chi connectivity index (χ3n) is 5.47. The number of thioether (sulfide) groups is 1. The smallest absolute Gasteiger partial charge is 0.327 e. The lowest BCUT2D eigenvalue weighted by Gasteiger charge is -2.28. The summed E-state index contributed by atoms with van der Waals surface area (Å²) in [7, 11) is 0. The van der Waals surface area contributed by atoms with Crippen molar-refractivity contribution in [3.8, 4) is 0 Å². The van der Waals surface area contributed by atoms with Crippen LogP contribution in [0.5, 0.6) is 0 Å². The zero-order valence-electron chi connectivity index (χ0n) is 19.8. The molecule has 0 saturated heterocycles. The van der Waals surface area contributed by atoms with Gasteiger partial charge in [-0.25, -0.2) is 4.79 Å². The minimum Gasteiger partial charge on any atom is -0.480 e. The first-order valence-electron chi connectivity index (χ1n) is 11.2. The molecule has 0 fully saturated rings. The molecule has 0 saturated carbocycles. The first-order chi connectivity index (χ1) is 16.1. The fraction of sp³-hybridized carbons (Fsp3) is 0.565. The van der Waals surface area contributed by atoms with Crippen LogP contribution in [0.25, 0.3) is 0 Å². The highest BCUT2D eigenvalue weighted by atomic mass is 32.2. The molecule has 3 amide bonds. The van der Waals surface area contributed by atoms with Crippen LogP contribution in [0.15, 0.2) is 30.3 Å². The maximum absolute atomic E-state index is 13.1. The van der Waals surface area contributed by atoms with Gasteiger partial charge in [0.05, 0.1) is 6.04 Å². The van der Waals surface area contributed by atoms with Gasteiger partial charge in [-0.05, 0) is 36.3 Å². The van der Waals surface area contributed by atoms with Gasteiger partial charge >= 0.3 is 5.97 Å². The Morgan fingerprint density at radius 3 is 2.18 bits per heavy atom. The van der Waals surface area contributed by atoms with E-state index < -0.39 is 47.9 Å². The van der Waals surface area contributed by atoms with E-state index in [1.54, 1.807) is 0 Å². The first-order valence-corrected chi connectivity index (χ1v) is 13.2. The number of benzene rings is 1. The van der Waals surface area contributed by atoms with E-state index in [1.165, 1.54) is 11.8 Å². The second kappa shape index (κ2) is 15.6. The van der Waals surface area contributed by atoms with E-state index in [4.69, 9.17) is 5.73 Å². The summed E-state index contributed by atoms with van der Waals surface area (Å²) in [6.07, 6.45) is 3.09. The number of nitrogens with two attached hydrogens (primary N) is 1. The lowest BCUT2D eigenvalue weighted by Crippen LogP contribution is -2.59. The van der Waals surface area contributed by atoms with Gasteiger partial charge < -0.3 is 26.8 Å². The van der Waals surface area contributed by atoms with Crippen LogP contribution >= 0.6 is 24.4 Å². The van der Waals surface area contributed by atoms with Crippen molar-refractivity contribution in [3.05, 3.63) is 35.9 Å². The maximum Gasteiger partial charge on any atom is 0.327 e. The monoisotopic (exact) mass is 512 g/mol. The Kier molecular flexibility index (Phi) is 13.7. The highest BCUT2D eigenvalue weighted by molar-refractivity contribution is 7.98. The van der Waals surface area contributed by atoms with Crippen molar-refractivity contribution in [3.63, 3.8) is 0 Å². The maximum atomic E-state index is 13.1. The Hall–Kier alpha value is -2.24. The number of aliphatic carboxylic acids is 1. The van der Waals surface area contributed by atoms with Gasteiger partial charge in [0.2, 0.25) is 17.7 Å². The molecule has 0 aliphatic carbocycles. The van der Waals surface area contributed by atoms with Crippen LogP contribution in [-0.2, 0) is 25.6 Å². The highest BCUT2D eigenvalue weighted by Crippen LogP contribution is 2.11. The Labute approximate surface area is 210 Å². The number of hydrogen-bond acceptors (Lipinski definition) is 7. The van der Waals surface area contributed by atoms with Gasteiger partial charge in [0.1, 0.15) is 18.1 Å². The molecule has 0 aliphatic rings. The zero-order valence-corrected chi connectivity index (χ0v) is 21.5. The number of nitrogens with one attached hydrogen (secondary N) is 3. The van der Waals surface area contributed by atoms with Gasteiger partial charge in [-0.3, -0.25) is 14.4 Å². The quantitative estimate of drug-likeness (QED) is 0.190. The molecule has 1 aromatic carbocycles. The standard InChI is InChI=1S/C23H36N4O5S2/c1-4-14(2)19(27-20(28)16(24)12-15-8-6-5-7-9-15)22(30)25-17(10-11-34-3)21(29)26-18(13-33)23(31)32/h5-9,14,16-19,33H,4,10-13,24H2,1-3H3,(H,25,30)(H,26,29)(H,27,28)(H,31,32). The second-order valence-corrected chi connectivity index (χ2v) is 9.44. The number of carbonyl (C=O) groups is 4. The zero-order chi connectivity index (χ0) is 25.7. The van der Waals surface area contributed by atoms with Crippen molar-refractivity contribution < 1.29 is 24.3 Å². The van der Waals surface area contributed by atoms with E-state index in [9.17, 15) is 24.3 Å². The molecule has 0 radical (unpaired) electrons. The predicted molar refractivity (Wildman–Crippen MR) is 138 cm³/mol. The molecular weight excluding hydrogens is 476 g/mol. The second-order valence-electron chi connectivity index (χ2n) is 8.09. The molecule has 6 N–H and O–H groups in total. The lowest BCUT2D eigenvalue weighted by molar-refractivity contribution is -0.141. The molecule has 11 heteroatoms. The van der Waals surface area contributed by atoms with Gasteiger partial charge in [0.15, 0.2) is 0 Å². The van der Waals surface area contributed by atoms with Crippen LogP contribution in [0.2, 0.25) is 0 Å². The largest absolute Gasteiger partial charge is 0.480 e. The summed E-state index contributed by atoms with van der Waals surface area (Å²) in [5.74, 6) is -2.55. The third kappa shape index (κ3) is 9.94. The minimum atomic E-state index is -1.21. The van der Waals surface area contributed by atoms with Crippen molar-refractivity contribution in [2.45, 2.75) is 57.3 Å². The molecular formula is C23H36N4O5S2. The van der Waals surface area contributed by atoms with Crippen molar-refractivity contribution >= 4 is 48.1 Å². The molecule has 1 aromatic rings. The molecule has 190 valence electrons. The molecule has 1 rings (SSSR count). The Bertz CT molecular complexity index is 812. The van der Waals surface area contributed by atoms with Gasteiger partial charge in [-0.1, -0.05) is 50.6 Å². The SMILES string of the molecule is CCC(C)C(NC(=O)C(N)Cc1ccccc1)C(=O)NC(CCSC)C(=O)NC(CS)C(=O)O. The number of carboxylic acid groups (broad SMARTS) is 1. The van der Waals surface area contributed by atoms with Crippen molar-refractivity contribution in [1.29, 1.82) is 0 Å². The average Bonchev–Trinajstić information content (AvgIpc) is 2.82. The van der Waals surface area contributed by atoms with Crippen LogP contribution < -0.4 is 21.7 Å². The summed E-state index contributed by atoms with van der Waals surface area (Å²) >= 11 is 5.45. The summed E-state index contributed by atoms with van der Waals surface area (Å²) in [6, 6.07) is 5.46. The molecule has 0 spiro atoms. The number of rotatable bonds is 15. The van der Waals surface area contributed by atoms with E-state index in [-0.39, 0.29) is 11.7 Å². The Morgan fingerprint density at radius 2 is 1.65 bits per heavy atom. The summed E-state index contributed by atoms with van der Waals surface area (Å²) in [5, 5.41) is 17.0. The van der Waals surface area contributed by atoms with E-state index in [0.717, 1.165) is 5.56 Å². The summed E-state index contributed by atoms with van der Waals surface area (Å²) in [4.78, 5) is 49.9. The number of carbonyl (C=O) groups excluding carboxylic acids is 3. The highest BCUT2D eigenvalue weighted by Gasteiger charge is 2.32. The molecule has 9 nitrogen and oxygen atoms in total. The molecule has 5 unspecified atom stereocenters. The van der Waals surface area contributed by atoms with Crippen molar-refractivity contribution in [2.24, 2.45) is 11.7 Å². The first kappa shape index (κ1) is 29.8. The van der Waals surface area contributed by atoms with Crippen LogP contribution in [0, 0.1) is 5.92 Å². The number of thiol groups is 1. The minimum absolute atomic E-state index is 0.0882. The van der Waals surface area contributed by atoms with Gasteiger partial charge in [0.25, 0.3) is 0 Å². The van der Waals surface area contributed by atoms with E-state index in [1.807, 2.05) is 50.4 Å². The average molecular weight is 513 g/mol. The fourth-order valence-electron chi connectivity index (χ4n) is 3.15. The van der Waals surface area contributed by atoms with Crippen LogP contribution in [-0.4, -0.2) is 70.7 Å². The van der Waals surface area contributed by atoms with E-state index >= 15 is 0 Å². The topological polar surface area (TPSA) is 151 Å². The van der Waals surface area contributed by atoms with Crippen LogP contribution in [0.3, 0.4) is 0 Å². The fourth-order valence-corrected chi connectivity index (χ4v) is 3.87. The van der Waals surface area contributed by atoms with Crippen LogP contribution in [0.4, 0.5) is 0 Å². The summed E-state index contributed by atoms with van der Waals surface area (Å²) in [5.41, 5.74) is 6.98. The van der Waals surface area contributed by atoms with Gasteiger partial charge in [-0.15, -0.1) is 0 Å². The molecule has 0 bridgehead atoms. The van der Waals surface area contributed by atoms with Crippen molar-refractivity contribution in [2.75, 3.05) is 17.8 Å². The molecule has 5 atom stereocenters. The number of amides is 3. The lowest BCUT2D eigenvalue weighted by atomic mass is 9.96.